The monoisotopic (exact) mass is 340 g/mol. The van der Waals surface area contributed by atoms with Gasteiger partial charge in [0.1, 0.15) is 5.75 Å². The quantitative estimate of drug-likeness (QED) is 0.713. The van der Waals surface area contributed by atoms with Crippen LogP contribution in [0, 0.1) is 6.92 Å². The molecule has 1 amide bonds. The van der Waals surface area contributed by atoms with E-state index in [1.807, 2.05) is 38.2 Å². The molecule has 25 heavy (non-hydrogen) atoms. The summed E-state index contributed by atoms with van der Waals surface area (Å²) in [6, 6.07) is 7.38. The maximum atomic E-state index is 13.1. The van der Waals surface area contributed by atoms with Crippen molar-refractivity contribution < 1.29 is 13.9 Å². The van der Waals surface area contributed by atoms with E-state index in [9.17, 15) is 4.79 Å². The first kappa shape index (κ1) is 16.8. The highest BCUT2D eigenvalue weighted by molar-refractivity contribution is 6.05. The van der Waals surface area contributed by atoms with E-state index in [2.05, 4.69) is 10.1 Å². The number of ether oxygens (including phenoxy) is 1. The Morgan fingerprint density at radius 2 is 2.20 bits per heavy atom. The molecular weight excluding hydrogens is 320 g/mol. The van der Waals surface area contributed by atoms with E-state index in [-0.39, 0.29) is 17.7 Å². The molecule has 7 heteroatoms. The minimum atomic E-state index is -0.265. The van der Waals surface area contributed by atoms with Crippen LogP contribution in [0.25, 0.3) is 0 Å². The number of aryl methyl sites for hydroxylation is 2. The number of oxazole rings is 1. The summed E-state index contributed by atoms with van der Waals surface area (Å²) >= 11 is 0. The second-order valence-electron chi connectivity index (χ2n) is 5.77. The molecule has 3 aromatic rings. The van der Waals surface area contributed by atoms with Crippen molar-refractivity contribution in [1.29, 1.82) is 0 Å². The molecule has 2 heterocycles. The van der Waals surface area contributed by atoms with Crippen LogP contribution in [0.1, 0.15) is 34.8 Å². The topological polar surface area (TPSA) is 73.4 Å². The van der Waals surface area contributed by atoms with Gasteiger partial charge < -0.3 is 9.15 Å². The minimum absolute atomic E-state index is 0.221. The number of nitrogens with zero attached hydrogens (tertiary/aromatic N) is 4. The number of amides is 1. The first-order valence-corrected chi connectivity index (χ1v) is 7.87. The van der Waals surface area contributed by atoms with Gasteiger partial charge in [0.25, 0.3) is 5.91 Å². The average molecular weight is 340 g/mol. The average Bonchev–Trinajstić information content (AvgIpc) is 3.23. The Bertz CT molecular complexity index is 884. The highest BCUT2D eigenvalue weighted by Crippen LogP contribution is 2.30. The normalized spacial score (nSPS) is 12.0. The summed E-state index contributed by atoms with van der Waals surface area (Å²) < 4.78 is 12.3. The lowest BCUT2D eigenvalue weighted by Crippen LogP contribution is -2.33. The lowest BCUT2D eigenvalue weighted by Gasteiger charge is -2.28. The predicted octanol–water partition coefficient (Wildman–Crippen LogP) is 3.13. The molecule has 0 aliphatic carbocycles. The highest BCUT2D eigenvalue weighted by atomic mass is 16.5. The second kappa shape index (κ2) is 6.80. The van der Waals surface area contributed by atoms with Crippen molar-refractivity contribution >= 4 is 11.6 Å². The van der Waals surface area contributed by atoms with E-state index in [0.29, 0.717) is 11.4 Å². The van der Waals surface area contributed by atoms with E-state index in [1.54, 1.807) is 36.0 Å². The molecule has 3 rings (SSSR count). The van der Waals surface area contributed by atoms with Crippen LogP contribution in [-0.4, -0.2) is 27.8 Å². The maximum absolute atomic E-state index is 13.1. The zero-order valence-electron chi connectivity index (χ0n) is 14.6. The van der Waals surface area contributed by atoms with Crippen LogP contribution in [0.2, 0.25) is 0 Å². The molecule has 0 spiro atoms. The molecule has 2 aromatic heterocycles. The largest absolute Gasteiger partial charge is 0.497 e. The molecule has 130 valence electrons. The summed E-state index contributed by atoms with van der Waals surface area (Å²) in [5.74, 6) is 0.690. The molecular formula is C18H20N4O3. The first-order chi connectivity index (χ1) is 12.0. The van der Waals surface area contributed by atoms with Gasteiger partial charge in [-0.15, -0.1) is 0 Å². The Kier molecular flexibility index (Phi) is 4.56. The minimum Gasteiger partial charge on any atom is -0.497 e. The molecule has 1 aromatic carbocycles. The third kappa shape index (κ3) is 3.26. The van der Waals surface area contributed by atoms with Gasteiger partial charge in [0.05, 0.1) is 30.7 Å². The molecule has 0 unspecified atom stereocenters. The number of rotatable bonds is 5. The standard InChI is InChI=1S/C18H20N4O3/c1-12-17(25-11-19-12)18(23)22(15-9-20-21(3)10-15)13(2)14-6-5-7-16(8-14)24-4/h5-11,13H,1-4H3/t13-/m0/s1. The van der Waals surface area contributed by atoms with Crippen LogP contribution >= 0.6 is 0 Å². The second-order valence-corrected chi connectivity index (χ2v) is 5.77. The molecule has 0 aliphatic heterocycles. The Balaban J connectivity index is 2.04. The number of carbonyl (C=O) groups is 1. The Morgan fingerprint density at radius 3 is 2.80 bits per heavy atom. The van der Waals surface area contributed by atoms with Crippen LogP contribution in [0.4, 0.5) is 5.69 Å². The van der Waals surface area contributed by atoms with Gasteiger partial charge >= 0.3 is 0 Å². The third-order valence-corrected chi connectivity index (χ3v) is 4.09. The van der Waals surface area contributed by atoms with Gasteiger partial charge in [0.2, 0.25) is 5.76 Å². The van der Waals surface area contributed by atoms with Crippen molar-refractivity contribution in [1.82, 2.24) is 14.8 Å². The smallest absolute Gasteiger partial charge is 0.296 e. The molecule has 7 nitrogen and oxygen atoms in total. The third-order valence-electron chi connectivity index (χ3n) is 4.09. The lowest BCUT2D eigenvalue weighted by molar-refractivity contribution is 0.0950. The van der Waals surface area contributed by atoms with Crippen molar-refractivity contribution in [2.24, 2.45) is 7.05 Å². The summed E-state index contributed by atoms with van der Waals surface area (Å²) in [5.41, 5.74) is 2.17. The SMILES string of the molecule is COc1cccc([C@H](C)N(C(=O)c2ocnc2C)c2cnn(C)c2)c1. The predicted molar refractivity (Wildman–Crippen MR) is 92.7 cm³/mol. The van der Waals surface area contributed by atoms with Gasteiger partial charge in [-0.25, -0.2) is 4.98 Å². The van der Waals surface area contributed by atoms with Crippen LogP contribution in [0.3, 0.4) is 0 Å². The number of benzene rings is 1. The van der Waals surface area contributed by atoms with Crippen LogP contribution in [0.5, 0.6) is 5.75 Å². The molecule has 1 atom stereocenters. The number of anilines is 1. The fourth-order valence-corrected chi connectivity index (χ4v) is 2.72. The van der Waals surface area contributed by atoms with Gasteiger partial charge in [-0.3, -0.25) is 14.4 Å². The van der Waals surface area contributed by atoms with Crippen molar-refractivity contribution in [3.05, 3.63) is 60.1 Å². The maximum Gasteiger partial charge on any atom is 0.296 e. The lowest BCUT2D eigenvalue weighted by atomic mass is 10.1. The van der Waals surface area contributed by atoms with E-state index in [1.165, 1.54) is 6.39 Å². The summed E-state index contributed by atoms with van der Waals surface area (Å²) in [6.07, 6.45) is 4.72. The Labute approximate surface area is 145 Å². The van der Waals surface area contributed by atoms with Crippen LogP contribution < -0.4 is 9.64 Å². The molecule has 0 saturated heterocycles. The highest BCUT2D eigenvalue weighted by Gasteiger charge is 2.29. The number of carbonyl (C=O) groups excluding carboxylic acids is 1. The molecule has 0 radical (unpaired) electrons. The van der Waals surface area contributed by atoms with E-state index >= 15 is 0 Å². The zero-order valence-corrected chi connectivity index (χ0v) is 14.6. The molecule has 0 aliphatic rings. The van der Waals surface area contributed by atoms with Crippen LogP contribution in [-0.2, 0) is 7.05 Å². The summed E-state index contributed by atoms with van der Waals surface area (Å²) in [4.78, 5) is 18.8. The van der Waals surface area contributed by atoms with Crippen molar-refractivity contribution in [3.63, 3.8) is 0 Å². The van der Waals surface area contributed by atoms with Gasteiger partial charge in [-0.2, -0.15) is 5.10 Å². The summed E-state index contributed by atoms with van der Waals surface area (Å²) in [7, 11) is 3.42. The van der Waals surface area contributed by atoms with Gasteiger partial charge in [-0.05, 0) is 31.5 Å². The van der Waals surface area contributed by atoms with Crippen molar-refractivity contribution in [2.45, 2.75) is 19.9 Å². The number of aromatic nitrogens is 3. The number of hydrogen-bond donors (Lipinski definition) is 0. The van der Waals surface area contributed by atoms with Crippen LogP contribution in [0.15, 0.2) is 47.5 Å². The Morgan fingerprint density at radius 1 is 1.40 bits per heavy atom. The molecule has 0 N–H and O–H groups in total. The fraction of sp³-hybridized carbons (Fsp3) is 0.278. The fourth-order valence-electron chi connectivity index (χ4n) is 2.72. The number of hydrogen-bond acceptors (Lipinski definition) is 5. The van der Waals surface area contributed by atoms with Crippen molar-refractivity contribution in [2.75, 3.05) is 12.0 Å². The van der Waals surface area contributed by atoms with Crippen molar-refractivity contribution in [3.8, 4) is 5.75 Å². The Hall–Kier alpha value is -3.09. The van der Waals surface area contributed by atoms with Gasteiger partial charge in [0.15, 0.2) is 6.39 Å². The van der Waals surface area contributed by atoms with Gasteiger partial charge in [0, 0.05) is 13.2 Å². The summed E-state index contributed by atoms with van der Waals surface area (Å²) in [6.45, 7) is 3.69. The molecule has 0 saturated carbocycles. The molecule has 0 bridgehead atoms. The molecule has 0 fully saturated rings. The zero-order chi connectivity index (χ0) is 18.0. The van der Waals surface area contributed by atoms with E-state index < -0.39 is 0 Å². The van der Waals surface area contributed by atoms with Gasteiger partial charge in [-0.1, -0.05) is 12.1 Å². The van der Waals surface area contributed by atoms with E-state index in [4.69, 9.17) is 9.15 Å². The van der Waals surface area contributed by atoms with E-state index in [0.717, 1.165) is 11.3 Å². The number of methoxy groups -OCH3 is 1. The summed E-state index contributed by atoms with van der Waals surface area (Å²) in [5, 5.41) is 4.19. The first-order valence-electron chi connectivity index (χ1n) is 7.87.